The second-order valence-electron chi connectivity index (χ2n) is 2.66. The second-order valence-corrected chi connectivity index (χ2v) is 3.60. The third-order valence-electron chi connectivity index (χ3n) is 1.66. The quantitative estimate of drug-likeness (QED) is 0.272. The van der Waals surface area contributed by atoms with Crippen LogP contribution in [0.2, 0.25) is 0 Å². The molecule has 0 aliphatic rings. The maximum atomic E-state index is 10.8. The van der Waals surface area contributed by atoms with Crippen molar-refractivity contribution >= 4 is 23.1 Å². The summed E-state index contributed by atoms with van der Waals surface area (Å²) in [6, 6.07) is 6.22. The molecule has 0 saturated carbocycles. The van der Waals surface area contributed by atoms with Gasteiger partial charge >= 0.3 is 35.5 Å². The van der Waals surface area contributed by atoms with Gasteiger partial charge in [-0.25, -0.2) is 4.79 Å². The Labute approximate surface area is 118 Å². The Kier molecular flexibility index (Phi) is 7.53. The molecule has 1 unspecified atom stereocenters. The summed E-state index contributed by atoms with van der Waals surface area (Å²) in [6.45, 7) is 0. The normalized spacial score (nSPS) is 11.9. The first-order valence-electron chi connectivity index (χ1n) is 4.09. The third-order valence-corrected chi connectivity index (χ3v) is 2.30. The van der Waals surface area contributed by atoms with Gasteiger partial charge in [-0.1, -0.05) is 12.1 Å². The molecule has 0 aromatic heterocycles. The van der Waals surface area contributed by atoms with Crippen molar-refractivity contribution in [2.24, 2.45) is 0 Å². The van der Waals surface area contributed by atoms with Gasteiger partial charge in [0.15, 0.2) is 0 Å². The molecule has 1 rings (SSSR count). The minimum Gasteiger partial charge on any atom is -0.768 e. The Bertz CT molecular complexity index is 417. The summed E-state index contributed by atoms with van der Waals surface area (Å²) in [5.74, 6) is -0.483. The number of hydrogen-bond donors (Lipinski definition) is 0. The molecule has 4 nitrogen and oxygen atoms in total. The molecule has 6 heteroatoms. The van der Waals surface area contributed by atoms with Gasteiger partial charge in [-0.05, 0) is 34.9 Å². The van der Waals surface area contributed by atoms with E-state index < -0.39 is 17.0 Å². The number of carbonyl (C=O) groups is 1. The van der Waals surface area contributed by atoms with E-state index in [2.05, 4.69) is 4.74 Å². The first kappa shape index (κ1) is 15.5. The molecule has 0 N–H and O–H groups in total. The van der Waals surface area contributed by atoms with Crippen LogP contribution >= 0.6 is 0 Å². The molecule has 0 radical (unpaired) electrons. The van der Waals surface area contributed by atoms with Gasteiger partial charge < -0.3 is 9.29 Å². The fraction of sp³-hybridized carbons (Fsp3) is 0.100. The summed E-state index contributed by atoms with van der Waals surface area (Å²) in [6.07, 6.45) is 2.72. The molecule has 0 spiro atoms. The zero-order valence-electron chi connectivity index (χ0n) is 9.01. The van der Waals surface area contributed by atoms with Crippen LogP contribution in [0.4, 0.5) is 0 Å². The molecular formula is C10H9NaO4S. The third kappa shape index (κ3) is 5.05. The van der Waals surface area contributed by atoms with Crippen LogP contribution in [0.15, 0.2) is 35.2 Å². The molecule has 0 fully saturated rings. The predicted molar refractivity (Wildman–Crippen MR) is 54.7 cm³/mol. The number of rotatable bonds is 3. The van der Waals surface area contributed by atoms with E-state index in [1.165, 1.54) is 31.4 Å². The van der Waals surface area contributed by atoms with Crippen molar-refractivity contribution < 1.29 is 47.9 Å². The van der Waals surface area contributed by atoms with Crippen LogP contribution in [-0.2, 0) is 20.6 Å². The molecule has 16 heavy (non-hydrogen) atoms. The van der Waals surface area contributed by atoms with Crippen molar-refractivity contribution in [1.82, 2.24) is 0 Å². The number of methoxy groups -OCH3 is 1. The van der Waals surface area contributed by atoms with E-state index in [4.69, 9.17) is 0 Å². The zero-order valence-corrected chi connectivity index (χ0v) is 11.8. The molecule has 1 atom stereocenters. The molecular weight excluding hydrogens is 239 g/mol. The van der Waals surface area contributed by atoms with Crippen molar-refractivity contribution in [1.29, 1.82) is 0 Å². The van der Waals surface area contributed by atoms with Crippen LogP contribution in [0.1, 0.15) is 5.56 Å². The van der Waals surface area contributed by atoms with Gasteiger partial charge in [0.2, 0.25) is 0 Å². The minimum atomic E-state index is -2.26. The van der Waals surface area contributed by atoms with E-state index in [0.717, 1.165) is 0 Å². The number of carbonyl (C=O) groups excluding carboxylic acids is 1. The maximum absolute atomic E-state index is 10.8. The van der Waals surface area contributed by atoms with E-state index >= 15 is 0 Å². The van der Waals surface area contributed by atoms with Crippen LogP contribution in [0.3, 0.4) is 0 Å². The summed E-state index contributed by atoms with van der Waals surface area (Å²) in [4.78, 5) is 11.0. The maximum Gasteiger partial charge on any atom is 1.00 e. The monoisotopic (exact) mass is 248 g/mol. The van der Waals surface area contributed by atoms with E-state index in [1.807, 2.05) is 0 Å². The zero-order chi connectivity index (χ0) is 11.3. The topological polar surface area (TPSA) is 66.4 Å². The predicted octanol–water partition coefficient (Wildman–Crippen LogP) is -1.89. The molecule has 1 aromatic rings. The van der Waals surface area contributed by atoms with E-state index in [0.29, 0.717) is 5.56 Å². The number of benzene rings is 1. The summed E-state index contributed by atoms with van der Waals surface area (Å²) in [5.41, 5.74) is 0.627. The Hall–Kier alpha value is -0.460. The smallest absolute Gasteiger partial charge is 0.768 e. The van der Waals surface area contributed by atoms with E-state index in [1.54, 1.807) is 12.1 Å². The fourth-order valence-electron chi connectivity index (χ4n) is 0.954. The van der Waals surface area contributed by atoms with Crippen LogP contribution < -0.4 is 29.6 Å². The molecule has 0 bridgehead atoms. The van der Waals surface area contributed by atoms with E-state index in [-0.39, 0.29) is 34.5 Å². The SMILES string of the molecule is COC(=O)/C=C/c1cccc(S(=O)[O-])c1.[Na+]. The standard InChI is InChI=1S/C10H10O4S.Na/c1-14-10(11)6-5-8-3-2-4-9(7-8)15(12)13;/h2-7H,1H3,(H,12,13);/q;+1/p-1/b6-5+;. The van der Waals surface area contributed by atoms with Gasteiger partial charge in [-0.3, -0.25) is 4.21 Å². The van der Waals surface area contributed by atoms with Gasteiger partial charge in [0.25, 0.3) is 0 Å². The average molecular weight is 248 g/mol. The van der Waals surface area contributed by atoms with Crippen molar-refractivity contribution in [3.05, 3.63) is 35.9 Å². The number of hydrogen-bond acceptors (Lipinski definition) is 4. The van der Waals surface area contributed by atoms with Crippen LogP contribution in [0, 0.1) is 0 Å². The Morgan fingerprint density at radius 1 is 1.50 bits per heavy atom. The molecule has 80 valence electrons. The number of ether oxygens (including phenoxy) is 1. The van der Waals surface area contributed by atoms with Crippen molar-refractivity contribution in [3.8, 4) is 0 Å². The number of esters is 1. The molecule has 0 saturated heterocycles. The summed E-state index contributed by atoms with van der Waals surface area (Å²) in [5, 5.41) is 0. The van der Waals surface area contributed by atoms with E-state index in [9.17, 15) is 13.6 Å². The van der Waals surface area contributed by atoms with Gasteiger partial charge in [-0.2, -0.15) is 0 Å². The Morgan fingerprint density at radius 3 is 2.75 bits per heavy atom. The second kappa shape index (κ2) is 7.76. The largest absolute Gasteiger partial charge is 1.00 e. The van der Waals surface area contributed by atoms with Crippen molar-refractivity contribution in [2.45, 2.75) is 4.90 Å². The van der Waals surface area contributed by atoms with Gasteiger partial charge in [0.1, 0.15) is 0 Å². The first-order chi connectivity index (χ1) is 7.13. The van der Waals surface area contributed by atoms with Crippen LogP contribution in [0.25, 0.3) is 6.08 Å². The van der Waals surface area contributed by atoms with Gasteiger partial charge in [-0.15, -0.1) is 0 Å². The molecule has 0 aliphatic carbocycles. The first-order valence-corrected chi connectivity index (χ1v) is 5.16. The summed E-state index contributed by atoms with van der Waals surface area (Å²) < 4.78 is 25.7. The summed E-state index contributed by atoms with van der Waals surface area (Å²) >= 11 is -2.26. The molecule has 0 aliphatic heterocycles. The van der Waals surface area contributed by atoms with Crippen molar-refractivity contribution in [3.63, 3.8) is 0 Å². The summed E-state index contributed by atoms with van der Waals surface area (Å²) in [7, 11) is 1.27. The molecule has 0 amide bonds. The van der Waals surface area contributed by atoms with Crippen LogP contribution in [0.5, 0.6) is 0 Å². The van der Waals surface area contributed by atoms with Crippen molar-refractivity contribution in [2.75, 3.05) is 7.11 Å². The minimum absolute atomic E-state index is 0. The van der Waals surface area contributed by atoms with Gasteiger partial charge in [0, 0.05) is 11.0 Å². The van der Waals surface area contributed by atoms with Crippen LogP contribution in [-0.4, -0.2) is 21.8 Å². The molecule has 1 aromatic carbocycles. The molecule has 0 heterocycles. The Balaban J connectivity index is 0.00000225. The fourth-order valence-corrected chi connectivity index (χ4v) is 1.38. The van der Waals surface area contributed by atoms with Gasteiger partial charge in [0.05, 0.1) is 7.11 Å². The average Bonchev–Trinajstić information content (AvgIpc) is 2.26. The Morgan fingerprint density at radius 2 is 2.19 bits per heavy atom.